The SMILES string of the molecule is C=CCCC(COc1cccc(Cl)c1)NCCC. The normalized spacial score (nSPS) is 12.1. The third-order valence-corrected chi connectivity index (χ3v) is 2.88. The van der Waals surface area contributed by atoms with E-state index in [9.17, 15) is 0 Å². The highest BCUT2D eigenvalue weighted by atomic mass is 35.5. The quantitative estimate of drug-likeness (QED) is 0.682. The molecule has 0 aromatic heterocycles. The molecule has 0 aliphatic heterocycles. The fourth-order valence-electron chi connectivity index (χ4n) is 1.67. The Labute approximate surface area is 115 Å². The fourth-order valence-corrected chi connectivity index (χ4v) is 1.85. The zero-order valence-electron chi connectivity index (χ0n) is 11.0. The van der Waals surface area contributed by atoms with Gasteiger partial charge in [-0.25, -0.2) is 0 Å². The Morgan fingerprint density at radius 3 is 3.00 bits per heavy atom. The molecule has 0 amide bonds. The first-order chi connectivity index (χ1) is 8.76. The van der Waals surface area contributed by atoms with Gasteiger partial charge < -0.3 is 10.1 Å². The van der Waals surface area contributed by atoms with E-state index in [-0.39, 0.29) is 0 Å². The lowest BCUT2D eigenvalue weighted by atomic mass is 10.1. The van der Waals surface area contributed by atoms with Gasteiger partial charge in [-0.3, -0.25) is 0 Å². The highest BCUT2D eigenvalue weighted by Gasteiger charge is 2.07. The van der Waals surface area contributed by atoms with Gasteiger partial charge in [0.25, 0.3) is 0 Å². The molecule has 0 fully saturated rings. The van der Waals surface area contributed by atoms with E-state index in [4.69, 9.17) is 16.3 Å². The maximum Gasteiger partial charge on any atom is 0.120 e. The number of halogens is 1. The van der Waals surface area contributed by atoms with E-state index in [2.05, 4.69) is 18.8 Å². The second-order valence-corrected chi connectivity index (χ2v) is 4.72. The van der Waals surface area contributed by atoms with Crippen molar-refractivity contribution in [3.8, 4) is 5.75 Å². The second-order valence-electron chi connectivity index (χ2n) is 4.29. The summed E-state index contributed by atoms with van der Waals surface area (Å²) in [4.78, 5) is 0. The van der Waals surface area contributed by atoms with Crippen molar-refractivity contribution in [3.05, 3.63) is 41.9 Å². The minimum absolute atomic E-state index is 0.363. The average Bonchev–Trinajstić information content (AvgIpc) is 2.38. The molecule has 0 spiro atoms. The van der Waals surface area contributed by atoms with Crippen LogP contribution in [0.3, 0.4) is 0 Å². The van der Waals surface area contributed by atoms with Gasteiger partial charge in [0, 0.05) is 11.1 Å². The third kappa shape index (κ3) is 6.08. The summed E-state index contributed by atoms with van der Waals surface area (Å²) in [6, 6.07) is 7.87. The minimum atomic E-state index is 0.363. The molecule has 3 heteroatoms. The van der Waals surface area contributed by atoms with Gasteiger partial charge in [0.1, 0.15) is 12.4 Å². The van der Waals surface area contributed by atoms with Crippen LogP contribution in [-0.2, 0) is 0 Å². The molecule has 0 saturated carbocycles. The van der Waals surface area contributed by atoms with Crippen LogP contribution in [0.15, 0.2) is 36.9 Å². The standard InChI is InChI=1S/C15H22ClNO/c1-3-5-8-14(17-10-4-2)12-18-15-9-6-7-13(16)11-15/h3,6-7,9,11,14,17H,1,4-5,8,10,12H2,2H3. The number of nitrogens with one attached hydrogen (secondary N) is 1. The number of ether oxygens (including phenoxy) is 1. The van der Waals surface area contributed by atoms with E-state index in [0.717, 1.165) is 31.6 Å². The summed E-state index contributed by atoms with van der Waals surface area (Å²) in [5.74, 6) is 0.824. The molecule has 1 aromatic carbocycles. The monoisotopic (exact) mass is 267 g/mol. The Morgan fingerprint density at radius 2 is 2.33 bits per heavy atom. The van der Waals surface area contributed by atoms with Crippen LogP contribution in [0.4, 0.5) is 0 Å². The Kier molecular flexibility index (Phi) is 7.54. The molecule has 1 N–H and O–H groups in total. The summed E-state index contributed by atoms with van der Waals surface area (Å²) >= 11 is 5.92. The summed E-state index contributed by atoms with van der Waals surface area (Å²) in [7, 11) is 0. The molecule has 0 aliphatic rings. The lowest BCUT2D eigenvalue weighted by Gasteiger charge is -2.18. The van der Waals surface area contributed by atoms with E-state index in [1.807, 2.05) is 30.3 Å². The van der Waals surface area contributed by atoms with Crippen LogP contribution < -0.4 is 10.1 Å². The lowest BCUT2D eigenvalue weighted by Crippen LogP contribution is -2.35. The van der Waals surface area contributed by atoms with Gasteiger partial charge in [0.05, 0.1) is 0 Å². The van der Waals surface area contributed by atoms with E-state index < -0.39 is 0 Å². The topological polar surface area (TPSA) is 21.3 Å². The molecule has 1 unspecified atom stereocenters. The number of hydrogen-bond donors (Lipinski definition) is 1. The molecular weight excluding hydrogens is 246 g/mol. The van der Waals surface area contributed by atoms with Crippen LogP contribution in [0, 0.1) is 0 Å². The summed E-state index contributed by atoms with van der Waals surface area (Å²) in [6.07, 6.45) is 5.12. The van der Waals surface area contributed by atoms with Gasteiger partial charge in [0.2, 0.25) is 0 Å². The number of allylic oxidation sites excluding steroid dienone is 1. The van der Waals surface area contributed by atoms with Crippen LogP contribution >= 0.6 is 11.6 Å². The zero-order chi connectivity index (χ0) is 13.2. The van der Waals surface area contributed by atoms with Gasteiger partial charge in [-0.15, -0.1) is 6.58 Å². The Bertz CT molecular complexity index is 354. The van der Waals surface area contributed by atoms with Gasteiger partial charge in [-0.05, 0) is 44.0 Å². The molecule has 0 aliphatic carbocycles. The maximum absolute atomic E-state index is 5.92. The molecule has 100 valence electrons. The highest BCUT2D eigenvalue weighted by Crippen LogP contribution is 2.17. The van der Waals surface area contributed by atoms with Crippen LogP contribution in [0.1, 0.15) is 26.2 Å². The summed E-state index contributed by atoms with van der Waals surface area (Å²) in [5.41, 5.74) is 0. The van der Waals surface area contributed by atoms with Crippen LogP contribution in [0.25, 0.3) is 0 Å². The maximum atomic E-state index is 5.92. The molecule has 1 rings (SSSR count). The smallest absolute Gasteiger partial charge is 0.120 e. The molecule has 2 nitrogen and oxygen atoms in total. The van der Waals surface area contributed by atoms with Gasteiger partial charge in [0.15, 0.2) is 0 Å². The van der Waals surface area contributed by atoms with Crippen LogP contribution in [-0.4, -0.2) is 19.2 Å². The molecule has 0 heterocycles. The first kappa shape index (κ1) is 15.1. The summed E-state index contributed by atoms with van der Waals surface area (Å²) < 4.78 is 5.76. The van der Waals surface area contributed by atoms with Gasteiger partial charge in [-0.2, -0.15) is 0 Å². The van der Waals surface area contributed by atoms with E-state index in [1.165, 1.54) is 0 Å². The largest absolute Gasteiger partial charge is 0.492 e. The van der Waals surface area contributed by atoms with Crippen molar-refractivity contribution >= 4 is 11.6 Å². The number of benzene rings is 1. The van der Waals surface area contributed by atoms with Crippen molar-refractivity contribution in [2.75, 3.05) is 13.2 Å². The fraction of sp³-hybridized carbons (Fsp3) is 0.467. The molecular formula is C15H22ClNO. The van der Waals surface area contributed by atoms with Crippen LogP contribution in [0.2, 0.25) is 5.02 Å². The van der Waals surface area contributed by atoms with Crippen molar-refractivity contribution < 1.29 is 4.74 Å². The average molecular weight is 268 g/mol. The number of rotatable bonds is 9. The van der Waals surface area contributed by atoms with E-state index >= 15 is 0 Å². The Hall–Kier alpha value is -0.990. The summed E-state index contributed by atoms with van der Waals surface area (Å²) in [6.45, 7) is 7.59. The molecule has 18 heavy (non-hydrogen) atoms. The molecule has 0 radical (unpaired) electrons. The van der Waals surface area contributed by atoms with E-state index in [1.54, 1.807) is 0 Å². The number of hydrogen-bond acceptors (Lipinski definition) is 2. The zero-order valence-corrected chi connectivity index (χ0v) is 11.7. The predicted molar refractivity (Wildman–Crippen MR) is 78.5 cm³/mol. The second kappa shape index (κ2) is 9.01. The first-order valence-corrected chi connectivity index (χ1v) is 6.86. The molecule has 1 atom stereocenters. The Balaban J connectivity index is 2.41. The first-order valence-electron chi connectivity index (χ1n) is 6.49. The van der Waals surface area contributed by atoms with Crippen molar-refractivity contribution in [2.45, 2.75) is 32.2 Å². The van der Waals surface area contributed by atoms with Crippen molar-refractivity contribution in [3.63, 3.8) is 0 Å². The van der Waals surface area contributed by atoms with Crippen molar-refractivity contribution in [1.82, 2.24) is 5.32 Å². The predicted octanol–water partition coefficient (Wildman–Crippen LogP) is 4.05. The van der Waals surface area contributed by atoms with Gasteiger partial charge >= 0.3 is 0 Å². The minimum Gasteiger partial charge on any atom is -0.492 e. The van der Waals surface area contributed by atoms with Crippen molar-refractivity contribution in [1.29, 1.82) is 0 Å². The summed E-state index contributed by atoms with van der Waals surface area (Å²) in [5, 5.41) is 4.19. The highest BCUT2D eigenvalue weighted by molar-refractivity contribution is 6.30. The third-order valence-electron chi connectivity index (χ3n) is 2.65. The molecule has 0 bridgehead atoms. The van der Waals surface area contributed by atoms with Crippen LogP contribution in [0.5, 0.6) is 5.75 Å². The lowest BCUT2D eigenvalue weighted by molar-refractivity contribution is 0.257. The van der Waals surface area contributed by atoms with Gasteiger partial charge in [-0.1, -0.05) is 30.7 Å². The molecule has 0 saturated heterocycles. The Morgan fingerprint density at radius 1 is 1.50 bits per heavy atom. The molecule has 1 aromatic rings. The van der Waals surface area contributed by atoms with E-state index in [0.29, 0.717) is 17.7 Å². The van der Waals surface area contributed by atoms with Crippen molar-refractivity contribution in [2.24, 2.45) is 0 Å².